The molecule has 0 aromatic heterocycles. The van der Waals surface area contributed by atoms with Crippen LogP contribution in [0.15, 0.2) is 0 Å². The molecule has 0 spiro atoms. The Bertz CT molecular complexity index is 206. The molecule has 0 saturated heterocycles. The fourth-order valence-electron chi connectivity index (χ4n) is 2.11. The number of unbranched alkanes of at least 4 members (excludes halogenated alkanes) is 3. The van der Waals surface area contributed by atoms with Gasteiger partial charge < -0.3 is 0 Å². The highest BCUT2D eigenvalue weighted by Crippen LogP contribution is 2.13. The standard InChI is InChI=1S/C17H32/c1-5-7-8-9-13-17(4)15-11-10-14-16(3)12-6-2/h16-17H,5-9,12-15H2,1-4H3. The Morgan fingerprint density at radius 3 is 1.82 bits per heavy atom. The van der Waals surface area contributed by atoms with Gasteiger partial charge in [-0.1, -0.05) is 66.2 Å². The maximum Gasteiger partial charge on any atom is 0.0114 e. The Hall–Kier alpha value is -0.440. The summed E-state index contributed by atoms with van der Waals surface area (Å²) in [6.07, 6.45) is 11.7. The molecule has 0 amide bonds. The van der Waals surface area contributed by atoms with Crippen LogP contribution in [0, 0.1) is 23.7 Å². The van der Waals surface area contributed by atoms with Crippen LogP contribution in [0.5, 0.6) is 0 Å². The lowest BCUT2D eigenvalue weighted by Gasteiger charge is -2.07. The van der Waals surface area contributed by atoms with Crippen molar-refractivity contribution in [1.82, 2.24) is 0 Å². The Kier molecular flexibility index (Phi) is 11.7. The zero-order valence-electron chi connectivity index (χ0n) is 12.5. The second kappa shape index (κ2) is 12.0. The van der Waals surface area contributed by atoms with E-state index >= 15 is 0 Å². The van der Waals surface area contributed by atoms with Gasteiger partial charge in [0.1, 0.15) is 0 Å². The van der Waals surface area contributed by atoms with Crippen molar-refractivity contribution in [2.45, 2.75) is 85.5 Å². The quantitative estimate of drug-likeness (QED) is 0.350. The van der Waals surface area contributed by atoms with Gasteiger partial charge in [0.15, 0.2) is 0 Å². The Balaban J connectivity index is 3.48. The molecule has 0 aliphatic carbocycles. The Labute approximate surface area is 110 Å². The summed E-state index contributed by atoms with van der Waals surface area (Å²) in [5.74, 6) is 8.29. The molecule has 0 fully saturated rings. The molecule has 0 N–H and O–H groups in total. The van der Waals surface area contributed by atoms with Gasteiger partial charge in [0, 0.05) is 12.8 Å². The van der Waals surface area contributed by atoms with Crippen LogP contribution < -0.4 is 0 Å². The first-order chi connectivity index (χ1) is 8.20. The van der Waals surface area contributed by atoms with Crippen LogP contribution in [0.1, 0.15) is 85.5 Å². The minimum Gasteiger partial charge on any atom is -0.103 e. The predicted octanol–water partition coefficient (Wildman–Crippen LogP) is 5.81. The van der Waals surface area contributed by atoms with Crippen molar-refractivity contribution in [3.8, 4) is 11.8 Å². The molecule has 0 nitrogen and oxygen atoms in total. The number of hydrogen-bond donors (Lipinski definition) is 0. The van der Waals surface area contributed by atoms with Crippen molar-refractivity contribution in [2.24, 2.45) is 11.8 Å². The van der Waals surface area contributed by atoms with E-state index in [0.29, 0.717) is 0 Å². The van der Waals surface area contributed by atoms with Crippen molar-refractivity contribution in [3.63, 3.8) is 0 Å². The van der Waals surface area contributed by atoms with E-state index in [1.807, 2.05) is 0 Å². The minimum absolute atomic E-state index is 0.785. The van der Waals surface area contributed by atoms with Gasteiger partial charge in [-0.25, -0.2) is 0 Å². The van der Waals surface area contributed by atoms with Gasteiger partial charge >= 0.3 is 0 Å². The highest BCUT2D eigenvalue weighted by atomic mass is 14.0. The molecule has 0 radical (unpaired) electrons. The van der Waals surface area contributed by atoms with Crippen molar-refractivity contribution < 1.29 is 0 Å². The van der Waals surface area contributed by atoms with E-state index in [0.717, 1.165) is 24.7 Å². The van der Waals surface area contributed by atoms with E-state index < -0.39 is 0 Å². The molecule has 2 atom stereocenters. The van der Waals surface area contributed by atoms with Crippen LogP contribution in [0.4, 0.5) is 0 Å². The molecule has 17 heavy (non-hydrogen) atoms. The average molecular weight is 236 g/mol. The maximum atomic E-state index is 3.37. The van der Waals surface area contributed by atoms with Gasteiger partial charge in [0.25, 0.3) is 0 Å². The highest BCUT2D eigenvalue weighted by molar-refractivity contribution is 5.00. The summed E-state index contributed by atoms with van der Waals surface area (Å²) >= 11 is 0. The fourth-order valence-corrected chi connectivity index (χ4v) is 2.11. The summed E-state index contributed by atoms with van der Waals surface area (Å²) in [5, 5.41) is 0. The molecule has 0 rings (SSSR count). The third-order valence-corrected chi connectivity index (χ3v) is 3.36. The predicted molar refractivity (Wildman–Crippen MR) is 79.0 cm³/mol. The third-order valence-electron chi connectivity index (χ3n) is 3.36. The van der Waals surface area contributed by atoms with E-state index in [4.69, 9.17) is 0 Å². The van der Waals surface area contributed by atoms with E-state index in [1.54, 1.807) is 0 Å². The highest BCUT2D eigenvalue weighted by Gasteiger charge is 2.00. The van der Waals surface area contributed by atoms with E-state index in [-0.39, 0.29) is 0 Å². The molecule has 0 aromatic rings. The fraction of sp³-hybridized carbons (Fsp3) is 0.882. The Morgan fingerprint density at radius 2 is 1.29 bits per heavy atom. The summed E-state index contributed by atoms with van der Waals surface area (Å²) in [5.41, 5.74) is 0. The van der Waals surface area contributed by atoms with Gasteiger partial charge in [-0.2, -0.15) is 0 Å². The number of rotatable bonds is 9. The van der Waals surface area contributed by atoms with Crippen molar-refractivity contribution in [3.05, 3.63) is 0 Å². The number of hydrogen-bond acceptors (Lipinski definition) is 0. The van der Waals surface area contributed by atoms with Gasteiger partial charge in [0.05, 0.1) is 0 Å². The molecule has 0 heteroatoms. The molecule has 2 unspecified atom stereocenters. The van der Waals surface area contributed by atoms with Crippen LogP contribution in [-0.2, 0) is 0 Å². The molecular weight excluding hydrogens is 204 g/mol. The first-order valence-electron chi connectivity index (χ1n) is 7.66. The van der Waals surface area contributed by atoms with Crippen LogP contribution in [0.3, 0.4) is 0 Å². The van der Waals surface area contributed by atoms with Crippen LogP contribution >= 0.6 is 0 Å². The van der Waals surface area contributed by atoms with Crippen LogP contribution in [0.25, 0.3) is 0 Å². The topological polar surface area (TPSA) is 0 Å². The molecule has 0 aliphatic heterocycles. The first-order valence-corrected chi connectivity index (χ1v) is 7.66. The second-order valence-electron chi connectivity index (χ2n) is 5.61. The van der Waals surface area contributed by atoms with Crippen molar-refractivity contribution in [2.75, 3.05) is 0 Å². The van der Waals surface area contributed by atoms with Gasteiger partial charge in [-0.3, -0.25) is 0 Å². The van der Waals surface area contributed by atoms with Gasteiger partial charge in [0.2, 0.25) is 0 Å². The lowest BCUT2D eigenvalue weighted by Crippen LogP contribution is -1.94. The molecule has 0 aliphatic rings. The normalized spacial score (nSPS) is 13.9. The van der Waals surface area contributed by atoms with E-state index in [9.17, 15) is 0 Å². The van der Waals surface area contributed by atoms with E-state index in [2.05, 4.69) is 39.5 Å². The molecule has 0 saturated carbocycles. The smallest absolute Gasteiger partial charge is 0.0114 e. The molecule has 0 heterocycles. The van der Waals surface area contributed by atoms with Crippen LogP contribution in [-0.4, -0.2) is 0 Å². The molecule has 0 bridgehead atoms. The molecule has 0 aromatic carbocycles. The maximum absolute atomic E-state index is 3.37. The largest absolute Gasteiger partial charge is 0.103 e. The third kappa shape index (κ3) is 11.8. The van der Waals surface area contributed by atoms with Crippen molar-refractivity contribution >= 4 is 0 Å². The lowest BCUT2D eigenvalue weighted by molar-refractivity contribution is 0.498. The zero-order valence-corrected chi connectivity index (χ0v) is 12.5. The molecule has 100 valence electrons. The van der Waals surface area contributed by atoms with E-state index in [1.165, 1.54) is 44.9 Å². The van der Waals surface area contributed by atoms with Crippen LogP contribution in [0.2, 0.25) is 0 Å². The summed E-state index contributed by atoms with van der Waals surface area (Å²) < 4.78 is 0. The minimum atomic E-state index is 0.785. The summed E-state index contributed by atoms with van der Waals surface area (Å²) in [7, 11) is 0. The average Bonchev–Trinajstić information content (AvgIpc) is 2.31. The first kappa shape index (κ1) is 16.6. The summed E-state index contributed by atoms with van der Waals surface area (Å²) in [6.45, 7) is 9.18. The lowest BCUT2D eigenvalue weighted by atomic mass is 9.99. The Morgan fingerprint density at radius 1 is 0.706 bits per heavy atom. The molecular formula is C17H32. The van der Waals surface area contributed by atoms with Gasteiger partial charge in [-0.15, -0.1) is 11.8 Å². The summed E-state index contributed by atoms with van der Waals surface area (Å²) in [6, 6.07) is 0. The van der Waals surface area contributed by atoms with Gasteiger partial charge in [-0.05, 0) is 18.3 Å². The monoisotopic (exact) mass is 236 g/mol. The summed E-state index contributed by atoms with van der Waals surface area (Å²) in [4.78, 5) is 0. The SMILES string of the molecule is CCCCCCC(C)CC#CCC(C)CCC. The zero-order chi connectivity index (χ0) is 12.9. The van der Waals surface area contributed by atoms with Crippen molar-refractivity contribution in [1.29, 1.82) is 0 Å². The second-order valence-corrected chi connectivity index (χ2v) is 5.61.